The third-order valence-electron chi connectivity index (χ3n) is 6.86. The van der Waals surface area contributed by atoms with Crippen LogP contribution >= 0.6 is 11.6 Å². The molecule has 178 valence electrons. The lowest BCUT2D eigenvalue weighted by atomic mass is 9.96. The lowest BCUT2D eigenvalue weighted by Crippen LogP contribution is -2.35. The smallest absolute Gasteiger partial charge is 0.258 e. The van der Waals surface area contributed by atoms with Gasteiger partial charge >= 0.3 is 0 Å². The molecule has 3 aromatic carbocycles. The highest BCUT2D eigenvalue weighted by Gasteiger charge is 2.24. The average molecular weight is 485 g/mol. The molecule has 0 unspecified atom stereocenters. The summed E-state index contributed by atoms with van der Waals surface area (Å²) in [6.07, 6.45) is 9.00. The first kappa shape index (κ1) is 23.4. The second kappa shape index (κ2) is 10.5. The second-order valence-electron chi connectivity index (χ2n) is 9.26. The molecule has 2 aliphatic rings. The molecule has 0 saturated carbocycles. The Bertz CT molecular complexity index is 1240. The number of nitrogens with zero attached hydrogens (tertiary/aromatic N) is 2. The van der Waals surface area contributed by atoms with Crippen LogP contribution in [0.4, 0.5) is 5.69 Å². The van der Waals surface area contributed by atoms with Crippen LogP contribution in [0.15, 0.2) is 79.0 Å². The molecule has 1 saturated heterocycles. The Labute approximate surface area is 211 Å². The van der Waals surface area contributed by atoms with Crippen LogP contribution in [0.5, 0.6) is 0 Å². The summed E-state index contributed by atoms with van der Waals surface area (Å²) in [5.74, 6) is -0.00251. The Morgan fingerprint density at radius 3 is 2.11 bits per heavy atom. The van der Waals surface area contributed by atoms with Gasteiger partial charge in [0, 0.05) is 53.7 Å². The number of piperidine rings is 1. The SMILES string of the molecule is O=C(C=CN1CCCCC1)c1ccc2c(c1)CCCN2C(=O)c1ccc(-c2ccc(Cl)cc2)cc1. The molecule has 0 aromatic heterocycles. The Morgan fingerprint density at radius 2 is 1.40 bits per heavy atom. The van der Waals surface area contributed by atoms with Gasteiger partial charge in [-0.3, -0.25) is 9.59 Å². The number of hydrogen-bond acceptors (Lipinski definition) is 3. The van der Waals surface area contributed by atoms with Gasteiger partial charge in [0.2, 0.25) is 0 Å². The summed E-state index contributed by atoms with van der Waals surface area (Å²) in [5.41, 5.74) is 5.39. The minimum absolute atomic E-state index is 0.0135. The maximum atomic E-state index is 13.4. The monoisotopic (exact) mass is 484 g/mol. The number of hydrogen-bond donors (Lipinski definition) is 0. The van der Waals surface area contributed by atoms with E-state index >= 15 is 0 Å². The highest BCUT2D eigenvalue weighted by atomic mass is 35.5. The van der Waals surface area contributed by atoms with Crippen molar-refractivity contribution in [1.29, 1.82) is 0 Å². The molecular formula is C30H29ClN2O2. The van der Waals surface area contributed by atoms with Gasteiger partial charge < -0.3 is 9.80 Å². The largest absolute Gasteiger partial charge is 0.377 e. The number of aryl methyl sites for hydroxylation is 1. The van der Waals surface area contributed by atoms with Crippen molar-refractivity contribution in [3.8, 4) is 11.1 Å². The van der Waals surface area contributed by atoms with Crippen molar-refractivity contribution in [3.63, 3.8) is 0 Å². The molecule has 0 N–H and O–H groups in total. The molecule has 5 rings (SSSR count). The molecule has 4 nitrogen and oxygen atoms in total. The van der Waals surface area contributed by atoms with E-state index in [0.29, 0.717) is 22.7 Å². The van der Waals surface area contributed by atoms with Crippen molar-refractivity contribution >= 4 is 29.0 Å². The maximum Gasteiger partial charge on any atom is 0.258 e. The predicted octanol–water partition coefficient (Wildman–Crippen LogP) is 6.78. The van der Waals surface area contributed by atoms with E-state index in [1.165, 1.54) is 19.3 Å². The number of anilines is 1. The minimum atomic E-state index is -0.0160. The first-order valence-corrected chi connectivity index (χ1v) is 12.7. The standard InChI is InChI=1S/C30H29ClN2O2/c31-27-13-10-23(11-14-27)22-6-8-24(9-7-22)30(35)33-19-4-5-25-21-26(12-15-28(25)33)29(34)16-20-32-17-2-1-3-18-32/h6-16,20-21H,1-5,17-19H2. The Balaban J connectivity index is 1.31. The molecule has 0 radical (unpaired) electrons. The van der Waals surface area contributed by atoms with Gasteiger partial charge in [-0.15, -0.1) is 0 Å². The molecule has 1 fully saturated rings. The van der Waals surface area contributed by atoms with E-state index in [2.05, 4.69) is 4.90 Å². The number of amides is 1. The summed E-state index contributed by atoms with van der Waals surface area (Å²) in [4.78, 5) is 30.2. The number of rotatable bonds is 5. The molecule has 0 bridgehead atoms. The highest BCUT2D eigenvalue weighted by molar-refractivity contribution is 6.30. The van der Waals surface area contributed by atoms with Crippen LogP contribution in [0.1, 0.15) is 52.0 Å². The van der Waals surface area contributed by atoms with E-state index in [9.17, 15) is 9.59 Å². The van der Waals surface area contributed by atoms with Crippen LogP contribution in [0.2, 0.25) is 5.02 Å². The van der Waals surface area contributed by atoms with Gasteiger partial charge in [-0.25, -0.2) is 0 Å². The van der Waals surface area contributed by atoms with Crippen LogP contribution < -0.4 is 4.90 Å². The van der Waals surface area contributed by atoms with Gasteiger partial charge in [-0.2, -0.15) is 0 Å². The van der Waals surface area contributed by atoms with Crippen LogP contribution in [0.25, 0.3) is 11.1 Å². The zero-order valence-corrected chi connectivity index (χ0v) is 20.5. The number of carbonyl (C=O) groups excluding carboxylic acids is 2. The van der Waals surface area contributed by atoms with Crippen LogP contribution in [0.3, 0.4) is 0 Å². The van der Waals surface area contributed by atoms with Crippen molar-refractivity contribution in [2.24, 2.45) is 0 Å². The number of ketones is 1. The number of halogens is 1. The molecule has 35 heavy (non-hydrogen) atoms. The highest BCUT2D eigenvalue weighted by Crippen LogP contribution is 2.30. The molecule has 0 atom stereocenters. The third kappa shape index (κ3) is 5.33. The Kier molecular flexibility index (Phi) is 7.01. The molecule has 5 heteroatoms. The fourth-order valence-electron chi connectivity index (χ4n) is 4.90. The summed E-state index contributed by atoms with van der Waals surface area (Å²) < 4.78 is 0. The van der Waals surface area contributed by atoms with E-state index < -0.39 is 0 Å². The Hall–Kier alpha value is -3.37. The number of benzene rings is 3. The van der Waals surface area contributed by atoms with Gasteiger partial charge in [0.1, 0.15) is 0 Å². The van der Waals surface area contributed by atoms with E-state index in [0.717, 1.165) is 48.3 Å². The molecule has 2 aliphatic heterocycles. The number of carbonyl (C=O) groups is 2. The summed E-state index contributed by atoms with van der Waals surface area (Å²) in [7, 11) is 0. The molecule has 0 spiro atoms. The topological polar surface area (TPSA) is 40.6 Å². The quantitative estimate of drug-likeness (QED) is 0.296. The Morgan fingerprint density at radius 1 is 0.743 bits per heavy atom. The van der Waals surface area contributed by atoms with Crippen molar-refractivity contribution in [2.75, 3.05) is 24.5 Å². The predicted molar refractivity (Wildman–Crippen MR) is 142 cm³/mol. The van der Waals surface area contributed by atoms with E-state index in [1.54, 1.807) is 6.08 Å². The van der Waals surface area contributed by atoms with Crippen LogP contribution in [-0.2, 0) is 6.42 Å². The molecule has 3 aromatic rings. The first-order valence-electron chi connectivity index (χ1n) is 12.4. The van der Waals surface area contributed by atoms with Crippen molar-refractivity contribution in [1.82, 2.24) is 4.90 Å². The van der Waals surface area contributed by atoms with Crippen molar-refractivity contribution < 1.29 is 9.59 Å². The lowest BCUT2D eigenvalue weighted by molar-refractivity contribution is 0.0984. The average Bonchev–Trinajstić information content (AvgIpc) is 2.92. The zero-order valence-electron chi connectivity index (χ0n) is 19.8. The van der Waals surface area contributed by atoms with E-state index in [4.69, 9.17) is 11.6 Å². The number of fused-ring (bicyclic) bond motifs is 1. The number of likely N-dealkylation sites (tertiary alicyclic amines) is 1. The summed E-state index contributed by atoms with van der Waals surface area (Å²) >= 11 is 5.99. The van der Waals surface area contributed by atoms with Gasteiger partial charge in [0.05, 0.1) is 0 Å². The zero-order chi connectivity index (χ0) is 24.2. The molecule has 0 aliphatic carbocycles. The van der Waals surface area contributed by atoms with Gasteiger partial charge in [0.15, 0.2) is 5.78 Å². The fraction of sp³-hybridized carbons (Fsp3) is 0.267. The second-order valence-corrected chi connectivity index (χ2v) is 9.70. The van der Waals surface area contributed by atoms with Crippen molar-refractivity contribution in [3.05, 3.63) is 101 Å². The van der Waals surface area contributed by atoms with Crippen LogP contribution in [0, 0.1) is 0 Å². The molecule has 2 heterocycles. The normalized spacial score (nSPS) is 15.8. The van der Waals surface area contributed by atoms with Crippen LogP contribution in [-0.4, -0.2) is 36.2 Å². The molecular weight excluding hydrogens is 456 g/mol. The minimum Gasteiger partial charge on any atom is -0.377 e. The third-order valence-corrected chi connectivity index (χ3v) is 7.12. The first-order chi connectivity index (χ1) is 17.1. The van der Waals surface area contributed by atoms with E-state index in [1.807, 2.05) is 77.8 Å². The maximum absolute atomic E-state index is 13.4. The van der Waals surface area contributed by atoms with Gasteiger partial charge in [0.25, 0.3) is 5.91 Å². The van der Waals surface area contributed by atoms with Gasteiger partial charge in [-0.1, -0.05) is 35.9 Å². The fourth-order valence-corrected chi connectivity index (χ4v) is 5.03. The van der Waals surface area contributed by atoms with Gasteiger partial charge in [-0.05, 0) is 91.3 Å². The summed E-state index contributed by atoms with van der Waals surface area (Å²) in [5, 5.41) is 0.701. The van der Waals surface area contributed by atoms with Crippen molar-refractivity contribution in [2.45, 2.75) is 32.1 Å². The number of allylic oxidation sites excluding steroid dienone is 1. The summed E-state index contributed by atoms with van der Waals surface area (Å²) in [6, 6.07) is 21.1. The van der Waals surface area contributed by atoms with E-state index in [-0.39, 0.29) is 11.7 Å². The lowest BCUT2D eigenvalue weighted by Gasteiger charge is -2.30. The molecule has 1 amide bonds. The summed E-state index contributed by atoms with van der Waals surface area (Å²) in [6.45, 7) is 2.71.